The van der Waals surface area contributed by atoms with Crippen LogP contribution in [0.15, 0.2) is 65.1 Å². The molecule has 4 rings (SSSR count). The fraction of sp³-hybridized carbons (Fsp3) is 0.154. The number of hydrogen-bond acceptors (Lipinski definition) is 3. The van der Waals surface area contributed by atoms with Crippen LogP contribution in [0.4, 0.5) is 4.39 Å². The van der Waals surface area contributed by atoms with Crippen molar-refractivity contribution in [1.82, 2.24) is 5.32 Å². The van der Waals surface area contributed by atoms with Gasteiger partial charge in [-0.3, -0.25) is 4.79 Å². The van der Waals surface area contributed by atoms with Gasteiger partial charge in [0.25, 0.3) is 5.91 Å². The van der Waals surface area contributed by atoms with Gasteiger partial charge in [0.15, 0.2) is 0 Å². The van der Waals surface area contributed by atoms with Gasteiger partial charge in [-0.05, 0) is 71.6 Å². The standard InChI is InChI=1S/C26H22FNO4/c1-3-5-16-13-22-21(14-20(16)17-6-4-7-18(12-17)26(30)31)23(25(29)28-2)24(32-22)15-8-10-19(27)11-9-15/h4,6-14H,3,5H2,1-2H3,(H,28,29)(H,30,31). The molecule has 1 aromatic heterocycles. The zero-order valence-electron chi connectivity index (χ0n) is 17.7. The smallest absolute Gasteiger partial charge is 0.335 e. The number of benzene rings is 3. The molecule has 4 aromatic rings. The topological polar surface area (TPSA) is 79.5 Å². The Labute approximate surface area is 184 Å². The van der Waals surface area contributed by atoms with Crippen molar-refractivity contribution in [2.45, 2.75) is 19.8 Å². The Bertz CT molecular complexity index is 1320. The van der Waals surface area contributed by atoms with Crippen molar-refractivity contribution in [3.63, 3.8) is 0 Å². The first-order chi connectivity index (χ1) is 15.4. The van der Waals surface area contributed by atoms with E-state index in [1.807, 2.05) is 18.2 Å². The molecule has 5 nitrogen and oxygen atoms in total. The molecule has 0 radical (unpaired) electrons. The molecular formula is C26H22FNO4. The summed E-state index contributed by atoms with van der Waals surface area (Å²) in [6.45, 7) is 2.06. The number of aryl methyl sites for hydroxylation is 1. The van der Waals surface area contributed by atoms with Crippen LogP contribution in [0.5, 0.6) is 0 Å². The summed E-state index contributed by atoms with van der Waals surface area (Å²) in [5.74, 6) is -1.34. The SMILES string of the molecule is CCCc1cc2oc(-c3ccc(F)cc3)c(C(=O)NC)c2cc1-c1cccc(C(=O)O)c1. The molecule has 3 aromatic carbocycles. The number of halogens is 1. The second kappa shape index (κ2) is 8.67. The van der Waals surface area contributed by atoms with Gasteiger partial charge in [-0.25, -0.2) is 9.18 Å². The molecule has 0 bridgehead atoms. The molecule has 0 unspecified atom stereocenters. The number of hydrogen-bond donors (Lipinski definition) is 2. The lowest BCUT2D eigenvalue weighted by molar-refractivity contribution is 0.0696. The maximum absolute atomic E-state index is 13.4. The zero-order valence-corrected chi connectivity index (χ0v) is 17.7. The monoisotopic (exact) mass is 431 g/mol. The number of carbonyl (C=O) groups is 2. The molecule has 0 saturated heterocycles. The first kappa shape index (κ1) is 21.3. The van der Waals surface area contributed by atoms with E-state index in [2.05, 4.69) is 12.2 Å². The largest absolute Gasteiger partial charge is 0.478 e. The van der Waals surface area contributed by atoms with Gasteiger partial charge in [0.2, 0.25) is 0 Å². The highest BCUT2D eigenvalue weighted by Crippen LogP contribution is 2.38. The number of amides is 1. The van der Waals surface area contributed by atoms with E-state index < -0.39 is 5.97 Å². The predicted molar refractivity (Wildman–Crippen MR) is 121 cm³/mol. The Hall–Kier alpha value is -3.93. The summed E-state index contributed by atoms with van der Waals surface area (Å²) < 4.78 is 19.6. The number of carboxylic acid groups (broad SMARTS) is 1. The van der Waals surface area contributed by atoms with Gasteiger partial charge >= 0.3 is 5.97 Å². The van der Waals surface area contributed by atoms with Gasteiger partial charge in [-0.1, -0.05) is 25.5 Å². The van der Waals surface area contributed by atoms with Crippen LogP contribution >= 0.6 is 0 Å². The minimum absolute atomic E-state index is 0.191. The third-order valence-corrected chi connectivity index (χ3v) is 5.41. The van der Waals surface area contributed by atoms with Crippen LogP contribution in [0, 0.1) is 5.82 Å². The van der Waals surface area contributed by atoms with Gasteiger partial charge in [-0.15, -0.1) is 0 Å². The number of furan rings is 1. The molecule has 2 N–H and O–H groups in total. The van der Waals surface area contributed by atoms with Crippen molar-refractivity contribution in [3.05, 3.63) is 83.2 Å². The number of rotatable bonds is 6. The fourth-order valence-electron chi connectivity index (χ4n) is 3.90. The lowest BCUT2D eigenvalue weighted by Gasteiger charge is -2.11. The van der Waals surface area contributed by atoms with Gasteiger partial charge in [0.1, 0.15) is 17.2 Å². The summed E-state index contributed by atoms with van der Waals surface area (Å²) in [6, 6.07) is 16.3. The number of nitrogens with one attached hydrogen (secondary N) is 1. The second-order valence-electron chi connectivity index (χ2n) is 7.53. The molecular weight excluding hydrogens is 409 g/mol. The van der Waals surface area contributed by atoms with Gasteiger partial charge in [0.05, 0.1) is 11.1 Å². The summed E-state index contributed by atoms with van der Waals surface area (Å²) in [4.78, 5) is 24.3. The highest BCUT2D eigenvalue weighted by atomic mass is 19.1. The fourth-order valence-corrected chi connectivity index (χ4v) is 3.90. The summed E-state index contributed by atoms with van der Waals surface area (Å²) in [5, 5.41) is 12.7. The Morgan fingerprint density at radius 3 is 2.44 bits per heavy atom. The third kappa shape index (κ3) is 3.87. The van der Waals surface area contributed by atoms with Crippen LogP contribution < -0.4 is 5.32 Å². The molecule has 0 aliphatic rings. The van der Waals surface area contributed by atoms with E-state index in [0.29, 0.717) is 27.9 Å². The number of carboxylic acids is 1. The number of carbonyl (C=O) groups excluding carboxylic acids is 1. The van der Waals surface area contributed by atoms with E-state index in [4.69, 9.17) is 4.42 Å². The molecule has 6 heteroatoms. The molecule has 1 amide bonds. The first-order valence-corrected chi connectivity index (χ1v) is 10.3. The van der Waals surface area contributed by atoms with E-state index in [-0.39, 0.29) is 17.3 Å². The summed E-state index contributed by atoms with van der Waals surface area (Å²) in [6.07, 6.45) is 1.63. The van der Waals surface area contributed by atoms with Crippen LogP contribution in [-0.4, -0.2) is 24.0 Å². The molecule has 0 spiro atoms. The normalized spacial score (nSPS) is 11.0. The molecule has 0 saturated carbocycles. The summed E-state index contributed by atoms with van der Waals surface area (Å²) >= 11 is 0. The highest BCUT2D eigenvalue weighted by molar-refractivity contribution is 6.12. The van der Waals surface area contributed by atoms with Crippen molar-refractivity contribution >= 4 is 22.8 Å². The number of aromatic carboxylic acids is 1. The second-order valence-corrected chi connectivity index (χ2v) is 7.53. The summed E-state index contributed by atoms with van der Waals surface area (Å²) in [5.41, 5.74) is 4.27. The Kier molecular flexibility index (Phi) is 5.77. The minimum atomic E-state index is -1.00. The third-order valence-electron chi connectivity index (χ3n) is 5.41. The van der Waals surface area contributed by atoms with Crippen LogP contribution in [0.3, 0.4) is 0 Å². The maximum atomic E-state index is 13.4. The molecule has 0 atom stereocenters. The van der Waals surface area contributed by atoms with Crippen molar-refractivity contribution in [2.24, 2.45) is 0 Å². The van der Waals surface area contributed by atoms with Gasteiger partial charge in [0, 0.05) is 18.0 Å². The number of fused-ring (bicyclic) bond motifs is 1. The first-order valence-electron chi connectivity index (χ1n) is 10.3. The van der Waals surface area contributed by atoms with Crippen LogP contribution in [0.2, 0.25) is 0 Å². The van der Waals surface area contributed by atoms with E-state index >= 15 is 0 Å². The predicted octanol–water partition coefficient (Wildman–Crippen LogP) is 5.92. The Morgan fingerprint density at radius 1 is 1.03 bits per heavy atom. The molecule has 0 aliphatic carbocycles. The van der Waals surface area contributed by atoms with E-state index in [9.17, 15) is 19.1 Å². The summed E-state index contributed by atoms with van der Waals surface area (Å²) in [7, 11) is 1.54. The molecule has 32 heavy (non-hydrogen) atoms. The highest BCUT2D eigenvalue weighted by Gasteiger charge is 2.23. The van der Waals surface area contributed by atoms with E-state index in [0.717, 1.165) is 29.5 Å². The van der Waals surface area contributed by atoms with E-state index in [1.165, 1.54) is 19.2 Å². The zero-order chi connectivity index (χ0) is 22.8. The van der Waals surface area contributed by atoms with E-state index in [1.54, 1.807) is 30.3 Å². The quantitative estimate of drug-likeness (QED) is 0.397. The lowest BCUT2D eigenvalue weighted by Crippen LogP contribution is -2.18. The molecule has 1 heterocycles. The average Bonchev–Trinajstić information content (AvgIpc) is 3.17. The van der Waals surface area contributed by atoms with Crippen molar-refractivity contribution in [3.8, 4) is 22.5 Å². The Balaban J connectivity index is 2.00. The molecule has 0 aliphatic heterocycles. The minimum Gasteiger partial charge on any atom is -0.478 e. The maximum Gasteiger partial charge on any atom is 0.335 e. The lowest BCUT2D eigenvalue weighted by atomic mass is 9.93. The van der Waals surface area contributed by atoms with Crippen molar-refractivity contribution in [1.29, 1.82) is 0 Å². The van der Waals surface area contributed by atoms with Crippen molar-refractivity contribution in [2.75, 3.05) is 7.05 Å². The Morgan fingerprint density at radius 2 is 1.78 bits per heavy atom. The average molecular weight is 431 g/mol. The van der Waals surface area contributed by atoms with Crippen LogP contribution in [-0.2, 0) is 6.42 Å². The van der Waals surface area contributed by atoms with Crippen LogP contribution in [0.1, 0.15) is 39.6 Å². The van der Waals surface area contributed by atoms with Crippen LogP contribution in [0.25, 0.3) is 33.4 Å². The molecule has 162 valence electrons. The van der Waals surface area contributed by atoms with Gasteiger partial charge in [-0.2, -0.15) is 0 Å². The molecule has 0 fully saturated rings. The van der Waals surface area contributed by atoms with Crippen molar-refractivity contribution < 1.29 is 23.5 Å². The van der Waals surface area contributed by atoms with Gasteiger partial charge < -0.3 is 14.8 Å².